The zero-order chi connectivity index (χ0) is 10.4. The molecule has 0 atom stereocenters. The Morgan fingerprint density at radius 1 is 1.13 bits per heavy atom. The number of nitrogens with two attached hydrogens (primary N) is 1. The minimum Gasteiger partial charge on any atom is -0.454 e. The van der Waals surface area contributed by atoms with E-state index in [1.807, 2.05) is 0 Å². The molecule has 1 aromatic heterocycles. The molecule has 76 valence electrons. The zero-order valence-electron chi connectivity index (χ0n) is 7.77. The third-order valence-electron chi connectivity index (χ3n) is 2.39. The predicted octanol–water partition coefficient (Wildman–Crippen LogP) is 0.444. The van der Waals surface area contributed by atoms with Crippen molar-refractivity contribution in [1.82, 2.24) is 4.68 Å². The molecule has 0 saturated heterocycles. The predicted molar refractivity (Wildman–Crippen MR) is 54.5 cm³/mol. The van der Waals surface area contributed by atoms with Gasteiger partial charge in [-0.25, -0.2) is 4.68 Å². The molecular formula is C10H8N2O3. The van der Waals surface area contributed by atoms with Crippen LogP contribution in [0.4, 0.5) is 0 Å². The molecule has 5 nitrogen and oxygen atoms in total. The van der Waals surface area contributed by atoms with Crippen molar-refractivity contribution in [3.8, 4) is 11.5 Å². The van der Waals surface area contributed by atoms with Gasteiger partial charge in [0.25, 0.3) is 5.56 Å². The van der Waals surface area contributed by atoms with E-state index in [4.69, 9.17) is 15.3 Å². The van der Waals surface area contributed by atoms with Crippen molar-refractivity contribution < 1.29 is 9.47 Å². The number of ether oxygens (including phenoxy) is 2. The lowest BCUT2D eigenvalue weighted by atomic mass is 10.1. The summed E-state index contributed by atoms with van der Waals surface area (Å²) < 4.78 is 11.5. The third-order valence-corrected chi connectivity index (χ3v) is 2.39. The molecule has 0 bridgehead atoms. The Balaban J connectivity index is 2.38. The van der Waals surface area contributed by atoms with E-state index in [2.05, 4.69) is 0 Å². The topological polar surface area (TPSA) is 66.5 Å². The van der Waals surface area contributed by atoms with Crippen LogP contribution in [0.3, 0.4) is 0 Å². The van der Waals surface area contributed by atoms with Crippen LogP contribution in [0.15, 0.2) is 29.2 Å². The molecule has 2 N–H and O–H groups in total. The van der Waals surface area contributed by atoms with Crippen LogP contribution < -0.4 is 20.9 Å². The van der Waals surface area contributed by atoms with Gasteiger partial charge in [0.2, 0.25) is 6.79 Å². The molecule has 0 spiro atoms. The first-order valence-corrected chi connectivity index (χ1v) is 4.45. The number of nitrogens with zero attached hydrogens (tertiary/aromatic N) is 1. The Morgan fingerprint density at radius 2 is 1.80 bits per heavy atom. The molecule has 1 aromatic carbocycles. The largest absolute Gasteiger partial charge is 0.454 e. The second-order valence-electron chi connectivity index (χ2n) is 3.35. The van der Waals surface area contributed by atoms with Crippen LogP contribution in [0.2, 0.25) is 0 Å². The molecule has 15 heavy (non-hydrogen) atoms. The second-order valence-corrected chi connectivity index (χ2v) is 3.35. The molecule has 1 aliphatic rings. The van der Waals surface area contributed by atoms with Gasteiger partial charge in [-0.1, -0.05) is 0 Å². The van der Waals surface area contributed by atoms with Crippen LogP contribution in [0, 0.1) is 0 Å². The fraction of sp³-hybridized carbons (Fsp3) is 0.100. The van der Waals surface area contributed by atoms with Gasteiger partial charge in [0.15, 0.2) is 11.5 Å². The number of hydrogen-bond acceptors (Lipinski definition) is 4. The third kappa shape index (κ3) is 1.13. The van der Waals surface area contributed by atoms with Crippen molar-refractivity contribution >= 4 is 10.8 Å². The number of aromatic nitrogens is 1. The minimum atomic E-state index is -0.249. The number of pyridine rings is 1. The van der Waals surface area contributed by atoms with Gasteiger partial charge in [0.05, 0.1) is 0 Å². The first kappa shape index (κ1) is 8.16. The van der Waals surface area contributed by atoms with Crippen molar-refractivity contribution in [1.29, 1.82) is 0 Å². The van der Waals surface area contributed by atoms with E-state index in [1.54, 1.807) is 18.3 Å². The van der Waals surface area contributed by atoms with Gasteiger partial charge in [-0.2, -0.15) is 0 Å². The van der Waals surface area contributed by atoms with E-state index in [0.717, 1.165) is 15.4 Å². The van der Waals surface area contributed by atoms with E-state index in [9.17, 15) is 4.79 Å². The molecule has 0 fully saturated rings. The molecule has 5 heteroatoms. The minimum absolute atomic E-state index is 0.221. The van der Waals surface area contributed by atoms with Crippen molar-refractivity contribution in [2.75, 3.05) is 12.6 Å². The molecule has 3 rings (SSSR count). The quantitative estimate of drug-likeness (QED) is 0.632. The monoisotopic (exact) mass is 204 g/mol. The van der Waals surface area contributed by atoms with Crippen LogP contribution in [-0.2, 0) is 0 Å². The van der Waals surface area contributed by atoms with E-state index < -0.39 is 0 Å². The van der Waals surface area contributed by atoms with Gasteiger partial charge in [-0.15, -0.1) is 0 Å². The van der Waals surface area contributed by atoms with E-state index in [1.165, 1.54) is 6.07 Å². The number of nitrogen functional groups attached to an aromatic ring is 1. The summed E-state index contributed by atoms with van der Waals surface area (Å²) in [5.74, 6) is 6.81. The summed E-state index contributed by atoms with van der Waals surface area (Å²) in [5.41, 5.74) is -0.249. The van der Waals surface area contributed by atoms with Gasteiger partial charge in [-0.05, 0) is 17.5 Å². The van der Waals surface area contributed by atoms with Gasteiger partial charge < -0.3 is 15.3 Å². The summed E-state index contributed by atoms with van der Waals surface area (Å²) in [6, 6.07) is 5.05. The molecule has 0 amide bonds. The van der Waals surface area contributed by atoms with Gasteiger partial charge >= 0.3 is 0 Å². The van der Waals surface area contributed by atoms with Crippen LogP contribution in [-0.4, -0.2) is 11.5 Å². The normalized spacial score (nSPS) is 13.3. The van der Waals surface area contributed by atoms with Crippen LogP contribution in [0.25, 0.3) is 10.8 Å². The van der Waals surface area contributed by atoms with E-state index in [-0.39, 0.29) is 12.4 Å². The van der Waals surface area contributed by atoms with Gasteiger partial charge in [0.1, 0.15) is 0 Å². The fourth-order valence-corrected chi connectivity index (χ4v) is 1.63. The lowest BCUT2D eigenvalue weighted by molar-refractivity contribution is 0.174. The van der Waals surface area contributed by atoms with Crippen LogP contribution in [0.5, 0.6) is 11.5 Å². The van der Waals surface area contributed by atoms with E-state index in [0.29, 0.717) is 11.5 Å². The summed E-state index contributed by atoms with van der Waals surface area (Å²) in [7, 11) is 0. The highest BCUT2D eigenvalue weighted by molar-refractivity contribution is 5.85. The van der Waals surface area contributed by atoms with Gasteiger partial charge in [0, 0.05) is 17.6 Å². The number of hydrogen-bond donors (Lipinski definition) is 1. The summed E-state index contributed by atoms with van der Waals surface area (Å²) >= 11 is 0. The maximum absolute atomic E-state index is 11.3. The summed E-state index contributed by atoms with van der Waals surface area (Å²) in [4.78, 5) is 11.3. The molecule has 0 unspecified atom stereocenters. The van der Waals surface area contributed by atoms with Crippen LogP contribution >= 0.6 is 0 Å². The molecular weight excluding hydrogens is 196 g/mol. The molecule has 2 aromatic rings. The molecule has 0 aliphatic carbocycles. The SMILES string of the molecule is Nn1cc2cc3c(cc2cc1=O)OCO3. The lowest BCUT2D eigenvalue weighted by Crippen LogP contribution is -2.25. The number of fused-ring (bicyclic) bond motifs is 2. The Kier molecular flexibility index (Phi) is 1.45. The summed E-state index contributed by atoms with van der Waals surface area (Å²) in [5, 5.41) is 1.65. The highest BCUT2D eigenvalue weighted by atomic mass is 16.7. The second kappa shape index (κ2) is 2.66. The average Bonchev–Trinajstić information content (AvgIpc) is 2.63. The summed E-state index contributed by atoms with van der Waals surface area (Å²) in [6.45, 7) is 0.221. The van der Waals surface area contributed by atoms with Crippen molar-refractivity contribution in [3.05, 3.63) is 34.7 Å². The Morgan fingerprint density at radius 3 is 2.53 bits per heavy atom. The van der Waals surface area contributed by atoms with Crippen molar-refractivity contribution in [2.24, 2.45) is 0 Å². The average molecular weight is 204 g/mol. The molecule has 1 aliphatic heterocycles. The highest BCUT2D eigenvalue weighted by Gasteiger charge is 2.14. The Bertz CT molecular complexity index is 603. The number of rotatable bonds is 0. The van der Waals surface area contributed by atoms with Crippen molar-refractivity contribution in [2.45, 2.75) is 0 Å². The Hall–Kier alpha value is -2.17. The standard InChI is InChI=1S/C10H8N2O3/c11-12-4-7-2-9-8(14-5-15-9)1-6(7)3-10(12)13/h1-4H,5,11H2. The first-order valence-electron chi connectivity index (χ1n) is 4.45. The molecule has 2 heterocycles. The zero-order valence-corrected chi connectivity index (χ0v) is 7.77. The lowest BCUT2D eigenvalue weighted by Gasteiger charge is -2.02. The number of benzene rings is 1. The maximum Gasteiger partial charge on any atom is 0.269 e. The maximum atomic E-state index is 11.3. The Labute approximate surface area is 84.6 Å². The fourth-order valence-electron chi connectivity index (χ4n) is 1.63. The molecule has 0 radical (unpaired) electrons. The van der Waals surface area contributed by atoms with Crippen molar-refractivity contribution in [3.63, 3.8) is 0 Å². The first-order chi connectivity index (χ1) is 7.24. The van der Waals surface area contributed by atoms with E-state index >= 15 is 0 Å². The molecule has 0 saturated carbocycles. The smallest absolute Gasteiger partial charge is 0.269 e. The highest BCUT2D eigenvalue weighted by Crippen LogP contribution is 2.35. The van der Waals surface area contributed by atoms with Crippen LogP contribution in [0.1, 0.15) is 0 Å². The van der Waals surface area contributed by atoms with Gasteiger partial charge in [-0.3, -0.25) is 4.79 Å². The summed E-state index contributed by atoms with van der Waals surface area (Å²) in [6.07, 6.45) is 1.57.